The Kier molecular flexibility index (Phi) is 3.80. The summed E-state index contributed by atoms with van der Waals surface area (Å²) in [7, 11) is 1.44. The largest absolute Gasteiger partial charge is 0.465 e. The number of carbonyl (C=O) groups excluding carboxylic acids is 1. The first-order chi connectivity index (χ1) is 9.00. The molecule has 1 aromatic carbocycles. The van der Waals surface area contributed by atoms with Gasteiger partial charge in [0.25, 0.3) is 0 Å². The van der Waals surface area contributed by atoms with Crippen LogP contribution in [0.4, 0.5) is 4.79 Å². The maximum atomic E-state index is 12.5. The number of hydrogen-bond donors (Lipinski definition) is 1. The topological polar surface area (TPSA) is 57.6 Å². The lowest BCUT2D eigenvalue weighted by Gasteiger charge is -2.42. The SMILES string of the molecule is CN(C(=O)O)[C@@]1(c2ccccc2Cl)CCCCC1=O. The summed E-state index contributed by atoms with van der Waals surface area (Å²) in [5.74, 6) is -0.0725. The Bertz CT molecular complexity index is 517. The summed E-state index contributed by atoms with van der Waals surface area (Å²) < 4.78 is 0. The maximum absolute atomic E-state index is 12.5. The van der Waals surface area contributed by atoms with Crippen molar-refractivity contribution in [3.63, 3.8) is 0 Å². The number of nitrogens with zero attached hydrogens (tertiary/aromatic N) is 1. The fourth-order valence-corrected chi connectivity index (χ4v) is 3.08. The minimum Gasteiger partial charge on any atom is -0.465 e. The first kappa shape index (κ1) is 13.9. The van der Waals surface area contributed by atoms with Gasteiger partial charge in [-0.1, -0.05) is 29.8 Å². The van der Waals surface area contributed by atoms with Crippen LogP contribution in [0.2, 0.25) is 5.02 Å². The molecule has 1 aliphatic rings. The van der Waals surface area contributed by atoms with Gasteiger partial charge in [0.1, 0.15) is 5.54 Å². The van der Waals surface area contributed by atoms with Crippen molar-refractivity contribution in [2.24, 2.45) is 0 Å². The van der Waals surface area contributed by atoms with E-state index in [-0.39, 0.29) is 5.78 Å². The summed E-state index contributed by atoms with van der Waals surface area (Å²) in [6.07, 6.45) is 1.38. The Balaban J connectivity index is 2.60. The molecule has 0 bridgehead atoms. The lowest BCUT2D eigenvalue weighted by Crippen LogP contribution is -2.53. The highest BCUT2D eigenvalue weighted by molar-refractivity contribution is 6.31. The van der Waals surface area contributed by atoms with Gasteiger partial charge in [-0.05, 0) is 25.3 Å². The Labute approximate surface area is 117 Å². The molecule has 0 aliphatic heterocycles. The predicted molar refractivity (Wildman–Crippen MR) is 72.4 cm³/mol. The van der Waals surface area contributed by atoms with E-state index in [0.29, 0.717) is 23.4 Å². The van der Waals surface area contributed by atoms with Gasteiger partial charge >= 0.3 is 6.09 Å². The number of amides is 1. The smallest absolute Gasteiger partial charge is 0.408 e. The average molecular weight is 282 g/mol. The van der Waals surface area contributed by atoms with Gasteiger partial charge in [0.05, 0.1) is 0 Å². The van der Waals surface area contributed by atoms with Crippen molar-refractivity contribution in [1.82, 2.24) is 4.90 Å². The zero-order chi connectivity index (χ0) is 14.0. The van der Waals surface area contributed by atoms with Crippen molar-refractivity contribution in [3.8, 4) is 0 Å². The van der Waals surface area contributed by atoms with Gasteiger partial charge in [-0.2, -0.15) is 0 Å². The van der Waals surface area contributed by atoms with Crippen LogP contribution >= 0.6 is 11.6 Å². The molecule has 19 heavy (non-hydrogen) atoms. The number of Topliss-reactive ketones (excluding diaryl/α,β-unsaturated/α-hetero) is 1. The number of halogens is 1. The number of likely N-dealkylation sites (N-methyl/N-ethyl adjacent to an activating group) is 1. The van der Waals surface area contributed by atoms with Crippen LogP contribution in [-0.4, -0.2) is 28.9 Å². The summed E-state index contributed by atoms with van der Waals surface area (Å²) in [4.78, 5) is 24.9. The summed E-state index contributed by atoms with van der Waals surface area (Å²) in [6.45, 7) is 0. The normalized spacial score (nSPS) is 23.2. The van der Waals surface area contributed by atoms with E-state index < -0.39 is 11.6 Å². The quantitative estimate of drug-likeness (QED) is 0.905. The average Bonchev–Trinajstić information content (AvgIpc) is 2.39. The van der Waals surface area contributed by atoms with Gasteiger partial charge in [0.15, 0.2) is 5.78 Å². The van der Waals surface area contributed by atoms with E-state index in [1.165, 1.54) is 7.05 Å². The predicted octanol–water partition coefficient (Wildman–Crippen LogP) is 3.29. The molecule has 0 aromatic heterocycles. The number of carbonyl (C=O) groups is 2. The fraction of sp³-hybridized carbons (Fsp3) is 0.429. The van der Waals surface area contributed by atoms with E-state index in [0.717, 1.165) is 17.7 Å². The van der Waals surface area contributed by atoms with E-state index in [1.807, 2.05) is 0 Å². The van der Waals surface area contributed by atoms with Crippen molar-refractivity contribution in [2.45, 2.75) is 31.2 Å². The highest BCUT2D eigenvalue weighted by Gasteiger charge is 2.48. The van der Waals surface area contributed by atoms with Crippen molar-refractivity contribution in [1.29, 1.82) is 0 Å². The van der Waals surface area contributed by atoms with Crippen LogP contribution in [0, 0.1) is 0 Å². The van der Waals surface area contributed by atoms with Gasteiger partial charge in [0, 0.05) is 24.1 Å². The molecule has 2 rings (SSSR count). The third-order valence-electron chi connectivity index (χ3n) is 3.83. The van der Waals surface area contributed by atoms with Crippen LogP contribution < -0.4 is 0 Å². The lowest BCUT2D eigenvalue weighted by molar-refractivity contribution is -0.133. The van der Waals surface area contributed by atoms with E-state index in [1.54, 1.807) is 24.3 Å². The van der Waals surface area contributed by atoms with Gasteiger partial charge in [-0.3, -0.25) is 9.69 Å². The highest BCUT2D eigenvalue weighted by atomic mass is 35.5. The van der Waals surface area contributed by atoms with Crippen molar-refractivity contribution in [3.05, 3.63) is 34.9 Å². The van der Waals surface area contributed by atoms with Gasteiger partial charge < -0.3 is 5.11 Å². The van der Waals surface area contributed by atoms with Crippen LogP contribution in [0.1, 0.15) is 31.2 Å². The van der Waals surface area contributed by atoms with Gasteiger partial charge in [-0.15, -0.1) is 0 Å². The van der Waals surface area contributed by atoms with E-state index in [9.17, 15) is 14.7 Å². The summed E-state index contributed by atoms with van der Waals surface area (Å²) in [5, 5.41) is 9.74. The van der Waals surface area contributed by atoms with Crippen molar-refractivity contribution in [2.75, 3.05) is 7.05 Å². The number of carboxylic acid groups (broad SMARTS) is 1. The molecule has 0 saturated heterocycles. The zero-order valence-corrected chi connectivity index (χ0v) is 11.5. The third kappa shape index (κ3) is 2.21. The lowest BCUT2D eigenvalue weighted by atomic mass is 9.74. The molecule has 1 aliphatic carbocycles. The molecule has 0 spiro atoms. The standard InChI is InChI=1S/C14H16ClNO3/c1-16(13(18)19)14(9-5-4-8-12(14)17)10-6-2-3-7-11(10)15/h2-3,6-7H,4-5,8-9H2,1H3,(H,18,19)/t14-/m1/s1. The van der Waals surface area contributed by atoms with Gasteiger partial charge in [-0.25, -0.2) is 4.79 Å². The molecular weight excluding hydrogens is 266 g/mol. The van der Waals surface area contributed by atoms with Crippen LogP contribution in [-0.2, 0) is 10.3 Å². The molecule has 0 unspecified atom stereocenters. The third-order valence-corrected chi connectivity index (χ3v) is 4.16. The van der Waals surface area contributed by atoms with Crippen LogP contribution in [0.25, 0.3) is 0 Å². The molecule has 1 N–H and O–H groups in total. The van der Waals surface area contributed by atoms with Crippen molar-refractivity contribution >= 4 is 23.5 Å². The first-order valence-electron chi connectivity index (χ1n) is 6.25. The molecule has 5 heteroatoms. The number of hydrogen-bond acceptors (Lipinski definition) is 2. The summed E-state index contributed by atoms with van der Waals surface area (Å²) in [5.41, 5.74) is -0.547. The molecule has 0 heterocycles. The molecule has 0 radical (unpaired) electrons. The summed E-state index contributed by atoms with van der Waals surface area (Å²) in [6, 6.07) is 6.98. The van der Waals surface area contributed by atoms with Gasteiger partial charge in [0.2, 0.25) is 0 Å². The molecule has 1 aromatic rings. The Morgan fingerprint density at radius 1 is 1.37 bits per heavy atom. The molecule has 1 atom stereocenters. The molecule has 1 saturated carbocycles. The highest BCUT2D eigenvalue weighted by Crippen LogP contribution is 2.42. The fourth-order valence-electron chi connectivity index (χ4n) is 2.79. The second-order valence-corrected chi connectivity index (χ2v) is 5.22. The van der Waals surface area contributed by atoms with Crippen molar-refractivity contribution < 1.29 is 14.7 Å². The molecule has 102 valence electrons. The number of benzene rings is 1. The number of ketones is 1. The van der Waals surface area contributed by atoms with E-state index in [2.05, 4.69) is 0 Å². The zero-order valence-electron chi connectivity index (χ0n) is 10.7. The molecule has 4 nitrogen and oxygen atoms in total. The second-order valence-electron chi connectivity index (χ2n) is 4.81. The molecular formula is C14H16ClNO3. The number of rotatable bonds is 2. The van der Waals surface area contributed by atoms with Crippen LogP contribution in [0.15, 0.2) is 24.3 Å². The van der Waals surface area contributed by atoms with E-state index >= 15 is 0 Å². The molecule has 1 fully saturated rings. The second kappa shape index (κ2) is 5.21. The Hall–Kier alpha value is -1.55. The molecule has 1 amide bonds. The van der Waals surface area contributed by atoms with Crippen LogP contribution in [0.5, 0.6) is 0 Å². The first-order valence-corrected chi connectivity index (χ1v) is 6.63. The minimum atomic E-state index is -1.14. The van der Waals surface area contributed by atoms with Crippen LogP contribution in [0.3, 0.4) is 0 Å². The maximum Gasteiger partial charge on any atom is 0.408 e. The summed E-state index contributed by atoms with van der Waals surface area (Å²) >= 11 is 6.19. The Morgan fingerprint density at radius 2 is 2.05 bits per heavy atom. The minimum absolute atomic E-state index is 0.0725. The monoisotopic (exact) mass is 281 g/mol. The Morgan fingerprint density at radius 3 is 2.63 bits per heavy atom. The van der Waals surface area contributed by atoms with E-state index in [4.69, 9.17) is 11.6 Å².